The molecule has 72 valence electrons. The van der Waals surface area contributed by atoms with E-state index in [4.69, 9.17) is 4.42 Å². The Labute approximate surface area is 82.0 Å². The van der Waals surface area contributed by atoms with Crippen LogP contribution in [0.5, 0.6) is 0 Å². The Bertz CT molecular complexity index is 387. The molecule has 0 spiro atoms. The minimum atomic E-state index is 0.108. The lowest BCUT2D eigenvalue weighted by molar-refractivity contribution is 0.0903. The molecular weight excluding hydrogens is 178 g/mol. The minimum Gasteiger partial charge on any atom is -0.472 e. The summed E-state index contributed by atoms with van der Waals surface area (Å²) >= 11 is 0. The predicted octanol–water partition coefficient (Wildman–Crippen LogP) is 2.35. The third-order valence-corrected chi connectivity index (χ3v) is 2.10. The molecule has 14 heavy (non-hydrogen) atoms. The predicted molar refractivity (Wildman–Crippen MR) is 52.1 cm³/mol. The van der Waals surface area contributed by atoms with Gasteiger partial charge in [-0.25, -0.2) is 0 Å². The van der Waals surface area contributed by atoms with Crippen LogP contribution in [0.1, 0.15) is 16.8 Å². The molecule has 0 atom stereocenters. The number of rotatable bonds is 3. The average molecular weight is 189 g/mol. The van der Waals surface area contributed by atoms with Crippen molar-refractivity contribution in [3.8, 4) is 0 Å². The van der Waals surface area contributed by atoms with Crippen LogP contribution < -0.4 is 0 Å². The van der Waals surface area contributed by atoms with Crippen LogP contribution in [0.3, 0.4) is 0 Å². The van der Waals surface area contributed by atoms with Crippen LogP contribution in [0.15, 0.2) is 47.5 Å². The van der Waals surface area contributed by atoms with Crippen LogP contribution in [0, 0.1) is 0 Å². The maximum atomic E-state index is 11.5. The lowest BCUT2D eigenvalue weighted by Gasteiger charge is -1.99. The van der Waals surface area contributed by atoms with E-state index in [-0.39, 0.29) is 5.91 Å². The van der Waals surface area contributed by atoms with Gasteiger partial charge in [-0.1, -0.05) is 0 Å². The Balaban J connectivity index is 1.90. The first-order valence-corrected chi connectivity index (χ1v) is 4.53. The first-order chi connectivity index (χ1) is 6.86. The van der Waals surface area contributed by atoms with Crippen LogP contribution in [0.25, 0.3) is 0 Å². The van der Waals surface area contributed by atoms with Crippen LogP contribution in [0.4, 0.5) is 0 Å². The number of aryl methyl sites for hydroxylation is 1. The Kier molecular flexibility index (Phi) is 2.49. The highest BCUT2D eigenvalue weighted by Gasteiger charge is 2.03. The molecule has 0 fully saturated rings. The maximum Gasteiger partial charge on any atom is 0.230 e. The molecule has 3 nitrogen and oxygen atoms in total. The summed E-state index contributed by atoms with van der Waals surface area (Å²) in [4.78, 5) is 11.5. The minimum absolute atomic E-state index is 0.108. The normalized spacial score (nSPS) is 10.3. The van der Waals surface area contributed by atoms with Crippen molar-refractivity contribution < 1.29 is 9.21 Å². The number of carbonyl (C=O) groups is 1. The molecule has 2 aromatic rings. The molecule has 0 radical (unpaired) electrons. The summed E-state index contributed by atoms with van der Waals surface area (Å²) in [6.07, 6.45) is 8.05. The van der Waals surface area contributed by atoms with Crippen molar-refractivity contribution in [2.45, 2.75) is 12.8 Å². The van der Waals surface area contributed by atoms with Gasteiger partial charge in [-0.2, -0.15) is 0 Å². The van der Waals surface area contributed by atoms with Crippen molar-refractivity contribution in [3.63, 3.8) is 0 Å². The molecule has 2 rings (SSSR count). The quantitative estimate of drug-likeness (QED) is 0.742. The summed E-state index contributed by atoms with van der Waals surface area (Å²) in [6, 6.07) is 5.56. The molecule has 3 heteroatoms. The summed E-state index contributed by atoms with van der Waals surface area (Å²) in [5, 5.41) is 0. The second-order valence-corrected chi connectivity index (χ2v) is 3.12. The SMILES string of the molecule is O=C(CCc1ccoc1)n1cccc1. The zero-order chi connectivity index (χ0) is 9.80. The molecule has 0 aromatic carbocycles. The molecule has 0 aliphatic rings. The highest BCUT2D eigenvalue weighted by Crippen LogP contribution is 2.05. The van der Waals surface area contributed by atoms with Gasteiger partial charge in [0.05, 0.1) is 12.5 Å². The van der Waals surface area contributed by atoms with Gasteiger partial charge in [0, 0.05) is 18.8 Å². The molecule has 0 N–H and O–H groups in total. The molecule has 2 heterocycles. The first kappa shape index (κ1) is 8.81. The fraction of sp³-hybridized carbons (Fsp3) is 0.182. The van der Waals surface area contributed by atoms with Crippen LogP contribution >= 0.6 is 0 Å². The molecule has 0 bridgehead atoms. The van der Waals surface area contributed by atoms with Gasteiger partial charge >= 0.3 is 0 Å². The smallest absolute Gasteiger partial charge is 0.230 e. The van der Waals surface area contributed by atoms with E-state index in [9.17, 15) is 4.79 Å². The largest absolute Gasteiger partial charge is 0.472 e. The highest BCUT2D eigenvalue weighted by molar-refractivity contribution is 5.79. The van der Waals surface area contributed by atoms with E-state index in [2.05, 4.69) is 0 Å². The van der Waals surface area contributed by atoms with Gasteiger partial charge in [0.2, 0.25) is 5.91 Å². The summed E-state index contributed by atoms with van der Waals surface area (Å²) < 4.78 is 6.52. The van der Waals surface area contributed by atoms with Gasteiger partial charge in [0.15, 0.2) is 0 Å². The van der Waals surface area contributed by atoms with Crippen molar-refractivity contribution in [3.05, 3.63) is 48.7 Å². The van der Waals surface area contributed by atoms with Gasteiger partial charge < -0.3 is 4.42 Å². The van der Waals surface area contributed by atoms with Gasteiger partial charge in [-0.15, -0.1) is 0 Å². The van der Waals surface area contributed by atoms with Gasteiger partial charge in [0.25, 0.3) is 0 Å². The number of carbonyl (C=O) groups excluding carboxylic acids is 1. The number of hydrogen-bond donors (Lipinski definition) is 0. The van der Waals surface area contributed by atoms with Crippen LogP contribution in [-0.4, -0.2) is 10.5 Å². The fourth-order valence-electron chi connectivity index (χ4n) is 1.32. The second kappa shape index (κ2) is 3.96. The van der Waals surface area contributed by atoms with Gasteiger partial charge in [-0.05, 0) is 30.2 Å². The van der Waals surface area contributed by atoms with E-state index in [1.54, 1.807) is 29.5 Å². The van der Waals surface area contributed by atoms with E-state index in [1.165, 1.54) is 0 Å². The van der Waals surface area contributed by atoms with E-state index in [0.29, 0.717) is 6.42 Å². The summed E-state index contributed by atoms with van der Waals surface area (Å²) in [5.41, 5.74) is 1.06. The average Bonchev–Trinajstić information content (AvgIpc) is 2.87. The summed E-state index contributed by atoms with van der Waals surface area (Å²) in [6.45, 7) is 0. The zero-order valence-electron chi connectivity index (χ0n) is 7.72. The molecule has 0 saturated heterocycles. The summed E-state index contributed by atoms with van der Waals surface area (Å²) in [5.74, 6) is 0.108. The lowest BCUT2D eigenvalue weighted by Crippen LogP contribution is -2.08. The topological polar surface area (TPSA) is 35.1 Å². The molecule has 0 unspecified atom stereocenters. The maximum absolute atomic E-state index is 11.5. The second-order valence-electron chi connectivity index (χ2n) is 3.12. The van der Waals surface area contributed by atoms with Crippen LogP contribution in [0.2, 0.25) is 0 Å². The van der Waals surface area contributed by atoms with Crippen molar-refractivity contribution in [1.29, 1.82) is 0 Å². The fourth-order valence-corrected chi connectivity index (χ4v) is 1.32. The van der Waals surface area contributed by atoms with Gasteiger partial charge in [-0.3, -0.25) is 9.36 Å². The van der Waals surface area contributed by atoms with Crippen molar-refractivity contribution in [2.75, 3.05) is 0 Å². The lowest BCUT2D eigenvalue weighted by atomic mass is 10.2. The standard InChI is InChI=1S/C11H11NO2/c13-11(12-6-1-2-7-12)4-3-10-5-8-14-9-10/h1-2,5-9H,3-4H2. The van der Waals surface area contributed by atoms with E-state index in [0.717, 1.165) is 12.0 Å². The summed E-state index contributed by atoms with van der Waals surface area (Å²) in [7, 11) is 0. The third-order valence-electron chi connectivity index (χ3n) is 2.10. The molecular formula is C11H11NO2. The highest BCUT2D eigenvalue weighted by atomic mass is 16.3. The Morgan fingerprint density at radius 1 is 1.36 bits per heavy atom. The number of hydrogen-bond acceptors (Lipinski definition) is 2. The van der Waals surface area contributed by atoms with E-state index >= 15 is 0 Å². The number of furan rings is 1. The van der Waals surface area contributed by atoms with Crippen molar-refractivity contribution in [1.82, 2.24) is 4.57 Å². The van der Waals surface area contributed by atoms with E-state index < -0.39 is 0 Å². The van der Waals surface area contributed by atoms with Crippen LogP contribution in [-0.2, 0) is 6.42 Å². The van der Waals surface area contributed by atoms with Crippen molar-refractivity contribution in [2.24, 2.45) is 0 Å². The monoisotopic (exact) mass is 189 g/mol. The molecule has 0 aliphatic heterocycles. The number of aromatic nitrogens is 1. The Hall–Kier alpha value is -1.77. The Morgan fingerprint density at radius 3 is 2.79 bits per heavy atom. The molecule has 0 aliphatic carbocycles. The molecule has 0 saturated carbocycles. The molecule has 2 aromatic heterocycles. The zero-order valence-corrected chi connectivity index (χ0v) is 7.72. The third kappa shape index (κ3) is 1.93. The Morgan fingerprint density at radius 2 is 2.14 bits per heavy atom. The van der Waals surface area contributed by atoms with Gasteiger partial charge in [0.1, 0.15) is 0 Å². The first-order valence-electron chi connectivity index (χ1n) is 4.53. The van der Waals surface area contributed by atoms with E-state index in [1.807, 2.05) is 18.2 Å². The van der Waals surface area contributed by atoms with Crippen molar-refractivity contribution >= 4 is 5.91 Å². The molecule has 0 amide bonds. The number of nitrogens with zero attached hydrogens (tertiary/aromatic N) is 1.